The van der Waals surface area contributed by atoms with E-state index in [-0.39, 0.29) is 10.7 Å². The Balaban J connectivity index is 1.48. The van der Waals surface area contributed by atoms with Crippen LogP contribution in [0.15, 0.2) is 42.6 Å². The molecule has 0 spiro atoms. The van der Waals surface area contributed by atoms with Gasteiger partial charge in [0.25, 0.3) is 11.8 Å². The predicted molar refractivity (Wildman–Crippen MR) is 119 cm³/mol. The monoisotopic (exact) mass is 438 g/mol. The van der Waals surface area contributed by atoms with Crippen molar-refractivity contribution in [1.29, 1.82) is 0 Å². The normalized spacial score (nSPS) is 13.3. The summed E-state index contributed by atoms with van der Waals surface area (Å²) in [5.74, 6) is -0.559. The number of carbonyl (C=O) groups excluding carboxylic acids is 2. The molecule has 0 aliphatic carbocycles. The minimum atomic E-state index is -0.599. The van der Waals surface area contributed by atoms with Crippen LogP contribution in [0, 0.1) is 13.8 Å². The van der Waals surface area contributed by atoms with Crippen LogP contribution in [-0.4, -0.2) is 39.4 Å². The number of rotatable bonds is 4. The number of nitrogens with one attached hydrogen (secondary N) is 2. The molecule has 0 bridgehead atoms. The molecule has 4 rings (SSSR count). The van der Waals surface area contributed by atoms with Crippen molar-refractivity contribution in [2.45, 2.75) is 26.7 Å². The molecule has 2 aromatic heterocycles. The zero-order chi connectivity index (χ0) is 22.0. The average molecular weight is 439 g/mol. The van der Waals surface area contributed by atoms with E-state index in [0.29, 0.717) is 11.5 Å². The van der Waals surface area contributed by atoms with Crippen LogP contribution < -0.4 is 15.8 Å². The number of aromatic nitrogens is 3. The first-order valence-corrected chi connectivity index (χ1v) is 10.5. The van der Waals surface area contributed by atoms with Crippen LogP contribution in [0.3, 0.4) is 0 Å². The lowest BCUT2D eigenvalue weighted by atomic mass is 10.2. The van der Waals surface area contributed by atoms with Gasteiger partial charge in [-0.2, -0.15) is 0 Å². The maximum absolute atomic E-state index is 12.7. The van der Waals surface area contributed by atoms with Gasteiger partial charge in [-0.05, 0) is 44.9 Å². The van der Waals surface area contributed by atoms with Crippen LogP contribution in [0.1, 0.15) is 45.1 Å². The van der Waals surface area contributed by atoms with E-state index in [1.54, 1.807) is 6.07 Å². The van der Waals surface area contributed by atoms with Crippen molar-refractivity contribution >= 4 is 29.4 Å². The lowest BCUT2D eigenvalue weighted by Gasteiger charge is -2.16. The first-order chi connectivity index (χ1) is 15.0. The van der Waals surface area contributed by atoms with E-state index in [4.69, 9.17) is 11.6 Å². The van der Waals surface area contributed by atoms with Gasteiger partial charge in [0.05, 0.1) is 16.8 Å². The lowest BCUT2D eigenvalue weighted by molar-refractivity contribution is 0.0843. The Morgan fingerprint density at radius 2 is 1.71 bits per heavy atom. The highest BCUT2D eigenvalue weighted by molar-refractivity contribution is 6.33. The second-order valence-electron chi connectivity index (χ2n) is 7.42. The van der Waals surface area contributed by atoms with Gasteiger partial charge in [-0.1, -0.05) is 29.8 Å². The second kappa shape index (κ2) is 8.77. The molecule has 31 heavy (non-hydrogen) atoms. The number of amides is 2. The number of hydrogen-bond acceptors (Lipinski definition) is 5. The molecule has 0 unspecified atom stereocenters. The minimum Gasteiger partial charge on any atom is -0.341 e. The Bertz CT molecular complexity index is 1120. The molecule has 8 nitrogen and oxygen atoms in total. The van der Waals surface area contributed by atoms with Crippen molar-refractivity contribution in [2.75, 3.05) is 18.0 Å². The number of nitrogens with zero attached hydrogens (tertiary/aromatic N) is 4. The molecular formula is C22H23ClN6O2. The largest absolute Gasteiger partial charge is 0.341 e. The summed E-state index contributed by atoms with van der Waals surface area (Å²) >= 11 is 6.13. The minimum absolute atomic E-state index is 0.0219. The molecule has 1 fully saturated rings. The molecule has 1 aliphatic heterocycles. The van der Waals surface area contributed by atoms with E-state index in [1.807, 2.05) is 53.6 Å². The van der Waals surface area contributed by atoms with Crippen molar-refractivity contribution in [2.24, 2.45) is 0 Å². The third-order valence-corrected chi connectivity index (χ3v) is 5.59. The van der Waals surface area contributed by atoms with Crippen LogP contribution in [0.25, 0.3) is 5.69 Å². The summed E-state index contributed by atoms with van der Waals surface area (Å²) in [5, 5.41) is 0.122. The zero-order valence-corrected chi connectivity index (χ0v) is 18.1. The topological polar surface area (TPSA) is 92.2 Å². The molecule has 0 atom stereocenters. The molecule has 1 aliphatic rings. The van der Waals surface area contributed by atoms with Gasteiger partial charge in [-0.25, -0.2) is 9.97 Å². The van der Waals surface area contributed by atoms with E-state index < -0.39 is 11.8 Å². The number of hydrogen-bond donors (Lipinski definition) is 2. The Morgan fingerprint density at radius 3 is 2.42 bits per heavy atom. The Kier molecular flexibility index (Phi) is 5.90. The van der Waals surface area contributed by atoms with Gasteiger partial charge < -0.3 is 9.47 Å². The van der Waals surface area contributed by atoms with Gasteiger partial charge >= 0.3 is 0 Å². The van der Waals surface area contributed by atoms with E-state index in [0.717, 1.165) is 43.0 Å². The summed E-state index contributed by atoms with van der Waals surface area (Å²) in [6.45, 7) is 5.48. The quantitative estimate of drug-likeness (QED) is 0.610. The van der Waals surface area contributed by atoms with Crippen LogP contribution in [0.5, 0.6) is 0 Å². The molecule has 3 aromatic rings. The Morgan fingerprint density at radius 1 is 1.03 bits per heavy atom. The summed E-state index contributed by atoms with van der Waals surface area (Å²) in [6.07, 6.45) is 3.53. The molecule has 3 heterocycles. The fourth-order valence-electron chi connectivity index (χ4n) is 3.79. The summed E-state index contributed by atoms with van der Waals surface area (Å²) in [5.41, 5.74) is 8.00. The van der Waals surface area contributed by atoms with Gasteiger partial charge in [0.2, 0.25) is 5.95 Å². The van der Waals surface area contributed by atoms with Crippen molar-refractivity contribution in [3.63, 3.8) is 0 Å². The Labute approximate surface area is 185 Å². The van der Waals surface area contributed by atoms with Gasteiger partial charge in [-0.3, -0.25) is 20.4 Å². The van der Waals surface area contributed by atoms with Crippen LogP contribution >= 0.6 is 11.6 Å². The molecule has 1 aromatic carbocycles. The number of halogens is 1. The molecule has 1 saturated heterocycles. The van der Waals surface area contributed by atoms with Gasteiger partial charge in [0.1, 0.15) is 0 Å². The molecule has 0 radical (unpaired) electrons. The van der Waals surface area contributed by atoms with Crippen molar-refractivity contribution < 1.29 is 9.59 Å². The molecule has 0 saturated carbocycles. The van der Waals surface area contributed by atoms with Crippen molar-refractivity contribution in [1.82, 2.24) is 25.4 Å². The van der Waals surface area contributed by atoms with Gasteiger partial charge in [0, 0.05) is 30.2 Å². The first kappa shape index (κ1) is 20.9. The van der Waals surface area contributed by atoms with Gasteiger partial charge in [0.15, 0.2) is 5.69 Å². The maximum atomic E-state index is 12.7. The summed E-state index contributed by atoms with van der Waals surface area (Å²) in [7, 11) is 0. The van der Waals surface area contributed by atoms with Crippen molar-refractivity contribution in [3.05, 3.63) is 70.3 Å². The van der Waals surface area contributed by atoms with E-state index in [9.17, 15) is 9.59 Å². The first-order valence-electron chi connectivity index (χ1n) is 10.1. The predicted octanol–water partition coefficient (Wildman–Crippen LogP) is 3.21. The highest BCUT2D eigenvalue weighted by atomic mass is 35.5. The highest BCUT2D eigenvalue weighted by Gasteiger charge is 2.21. The van der Waals surface area contributed by atoms with Crippen LogP contribution in [0.2, 0.25) is 5.02 Å². The standard InChI is InChI=1S/C22H23ClN6O2/c1-14-12-17(15(2)29(14)16-8-4-3-5-9-16)20(30)26-27-21(31)19-18(23)13-24-22(25-19)28-10-6-7-11-28/h3-5,8-9,12-13H,6-7,10-11H2,1-2H3,(H,26,30)(H,27,31). The number of hydrazine groups is 1. The smallest absolute Gasteiger partial charge is 0.290 e. The summed E-state index contributed by atoms with van der Waals surface area (Å²) in [6, 6.07) is 11.5. The molecule has 2 amide bonds. The molecule has 2 N–H and O–H groups in total. The number of benzene rings is 1. The third kappa shape index (κ3) is 4.25. The molecular weight excluding hydrogens is 416 g/mol. The maximum Gasteiger partial charge on any atom is 0.290 e. The second-order valence-corrected chi connectivity index (χ2v) is 7.83. The molecule has 9 heteroatoms. The fraction of sp³-hybridized carbons (Fsp3) is 0.273. The zero-order valence-electron chi connectivity index (χ0n) is 17.4. The number of aryl methyl sites for hydroxylation is 1. The van der Waals surface area contributed by atoms with E-state index >= 15 is 0 Å². The van der Waals surface area contributed by atoms with E-state index in [2.05, 4.69) is 20.8 Å². The number of para-hydroxylation sites is 1. The SMILES string of the molecule is Cc1cc(C(=O)NNC(=O)c2nc(N3CCCC3)ncc2Cl)c(C)n1-c1ccccc1. The number of carbonyl (C=O) groups is 2. The highest BCUT2D eigenvalue weighted by Crippen LogP contribution is 2.21. The fourth-order valence-corrected chi connectivity index (χ4v) is 3.97. The molecule has 160 valence electrons. The van der Waals surface area contributed by atoms with Gasteiger partial charge in [-0.15, -0.1) is 0 Å². The van der Waals surface area contributed by atoms with E-state index in [1.165, 1.54) is 6.20 Å². The summed E-state index contributed by atoms with van der Waals surface area (Å²) < 4.78 is 1.99. The van der Waals surface area contributed by atoms with Crippen LogP contribution in [0.4, 0.5) is 5.95 Å². The lowest BCUT2D eigenvalue weighted by Crippen LogP contribution is -2.42. The Hall–Kier alpha value is -3.39. The number of anilines is 1. The van der Waals surface area contributed by atoms with Crippen LogP contribution in [-0.2, 0) is 0 Å². The average Bonchev–Trinajstić information content (AvgIpc) is 3.41. The van der Waals surface area contributed by atoms with Crippen molar-refractivity contribution in [3.8, 4) is 5.69 Å². The summed E-state index contributed by atoms with van der Waals surface area (Å²) in [4.78, 5) is 35.9. The third-order valence-electron chi connectivity index (χ3n) is 5.32.